The van der Waals surface area contributed by atoms with Crippen LogP contribution in [0, 0.1) is 0 Å². The molecule has 4 nitrogen and oxygen atoms in total. The Bertz CT molecular complexity index is 422. The molecule has 1 aliphatic carbocycles. The van der Waals surface area contributed by atoms with Crippen LogP contribution >= 0.6 is 0 Å². The lowest BCUT2D eigenvalue weighted by Crippen LogP contribution is -2.59. The van der Waals surface area contributed by atoms with Gasteiger partial charge in [0.25, 0.3) is 0 Å². The average molecular weight is 276 g/mol. The van der Waals surface area contributed by atoms with Gasteiger partial charge in [-0.3, -0.25) is 9.88 Å². The van der Waals surface area contributed by atoms with Crippen LogP contribution in [0.3, 0.4) is 0 Å². The fraction of sp³-hybridized carbons (Fsp3) is 0.688. The van der Waals surface area contributed by atoms with Gasteiger partial charge in [-0.1, -0.05) is 26.7 Å². The Morgan fingerprint density at radius 2 is 1.95 bits per heavy atom. The predicted octanol–water partition coefficient (Wildman–Crippen LogP) is 2.19. The van der Waals surface area contributed by atoms with E-state index in [9.17, 15) is 0 Å². The van der Waals surface area contributed by atoms with Gasteiger partial charge < -0.3 is 11.5 Å². The van der Waals surface area contributed by atoms with Gasteiger partial charge in [-0.25, -0.2) is 0 Å². The number of pyridine rings is 1. The van der Waals surface area contributed by atoms with Gasteiger partial charge in [-0.05, 0) is 44.0 Å². The first-order chi connectivity index (χ1) is 9.64. The van der Waals surface area contributed by atoms with Crippen LogP contribution in [0.25, 0.3) is 0 Å². The lowest BCUT2D eigenvalue weighted by molar-refractivity contribution is 0.0772. The summed E-state index contributed by atoms with van der Waals surface area (Å²) < 4.78 is 0. The van der Waals surface area contributed by atoms with Gasteiger partial charge in [0.15, 0.2) is 0 Å². The third kappa shape index (κ3) is 2.81. The average Bonchev–Trinajstić information content (AvgIpc) is 2.93. The highest BCUT2D eigenvalue weighted by Crippen LogP contribution is 2.38. The summed E-state index contributed by atoms with van der Waals surface area (Å²) in [5.74, 6) is 0. The van der Waals surface area contributed by atoms with E-state index in [4.69, 9.17) is 11.5 Å². The molecule has 1 aliphatic rings. The number of nitrogen functional groups attached to an aromatic ring is 1. The van der Waals surface area contributed by atoms with Crippen LogP contribution in [0.1, 0.15) is 45.1 Å². The number of rotatable bonds is 6. The lowest BCUT2D eigenvalue weighted by Gasteiger charge is -2.45. The molecule has 20 heavy (non-hydrogen) atoms. The van der Waals surface area contributed by atoms with Crippen molar-refractivity contribution in [3.05, 3.63) is 24.0 Å². The molecular formula is C16H28N4. The zero-order valence-corrected chi connectivity index (χ0v) is 12.8. The van der Waals surface area contributed by atoms with Gasteiger partial charge in [0.2, 0.25) is 0 Å². The summed E-state index contributed by atoms with van der Waals surface area (Å²) in [6.07, 6.45) is 9.39. The van der Waals surface area contributed by atoms with Gasteiger partial charge >= 0.3 is 0 Å². The number of hydrogen-bond acceptors (Lipinski definition) is 4. The maximum atomic E-state index is 6.64. The van der Waals surface area contributed by atoms with Crippen LogP contribution in [-0.4, -0.2) is 34.6 Å². The Morgan fingerprint density at radius 3 is 2.50 bits per heavy atom. The fourth-order valence-electron chi connectivity index (χ4n) is 3.80. The van der Waals surface area contributed by atoms with Crippen molar-refractivity contribution >= 4 is 5.69 Å². The molecule has 0 saturated heterocycles. The summed E-state index contributed by atoms with van der Waals surface area (Å²) >= 11 is 0. The van der Waals surface area contributed by atoms with E-state index in [1.54, 1.807) is 6.20 Å². The minimum absolute atomic E-state index is 0.122. The Labute approximate surface area is 122 Å². The summed E-state index contributed by atoms with van der Waals surface area (Å²) in [6.45, 7) is 6.59. The molecular weight excluding hydrogens is 248 g/mol. The summed E-state index contributed by atoms with van der Waals surface area (Å²) in [4.78, 5) is 6.74. The van der Waals surface area contributed by atoms with E-state index in [2.05, 4.69) is 23.7 Å². The third-order valence-corrected chi connectivity index (χ3v) is 4.93. The van der Waals surface area contributed by atoms with E-state index >= 15 is 0 Å². The molecule has 1 saturated carbocycles. The van der Waals surface area contributed by atoms with E-state index in [0.717, 1.165) is 30.8 Å². The first-order valence-electron chi connectivity index (χ1n) is 7.83. The Balaban J connectivity index is 2.19. The molecule has 0 aromatic carbocycles. The SMILES string of the molecule is CCN(CC)C1(C(N)Cc2cnccc2N)CCCC1. The van der Waals surface area contributed by atoms with E-state index in [0.29, 0.717) is 0 Å². The fourth-order valence-corrected chi connectivity index (χ4v) is 3.80. The van der Waals surface area contributed by atoms with Gasteiger partial charge in [0.1, 0.15) is 0 Å². The first kappa shape index (κ1) is 15.3. The van der Waals surface area contributed by atoms with Gasteiger partial charge in [-0.15, -0.1) is 0 Å². The monoisotopic (exact) mass is 276 g/mol. The zero-order chi connectivity index (χ0) is 14.6. The molecule has 112 valence electrons. The predicted molar refractivity (Wildman–Crippen MR) is 84.4 cm³/mol. The summed E-state index contributed by atoms with van der Waals surface area (Å²) in [7, 11) is 0. The molecule has 1 unspecified atom stereocenters. The Kier molecular flexibility index (Phi) is 5.00. The molecule has 2 rings (SSSR count). The van der Waals surface area contributed by atoms with Crippen molar-refractivity contribution in [3.8, 4) is 0 Å². The van der Waals surface area contributed by atoms with E-state index in [1.165, 1.54) is 25.7 Å². The van der Waals surface area contributed by atoms with E-state index < -0.39 is 0 Å². The van der Waals surface area contributed by atoms with Crippen molar-refractivity contribution in [2.24, 2.45) is 5.73 Å². The first-order valence-corrected chi connectivity index (χ1v) is 7.83. The molecule has 0 bridgehead atoms. The van der Waals surface area contributed by atoms with Crippen molar-refractivity contribution in [2.75, 3.05) is 18.8 Å². The number of nitrogens with zero attached hydrogens (tertiary/aromatic N) is 2. The van der Waals surface area contributed by atoms with E-state index in [-0.39, 0.29) is 11.6 Å². The minimum Gasteiger partial charge on any atom is -0.398 e. The highest BCUT2D eigenvalue weighted by molar-refractivity contribution is 5.45. The summed E-state index contributed by atoms with van der Waals surface area (Å²) in [5.41, 5.74) is 14.7. The van der Waals surface area contributed by atoms with Crippen LogP contribution < -0.4 is 11.5 Å². The summed E-state index contributed by atoms with van der Waals surface area (Å²) in [6, 6.07) is 1.98. The maximum absolute atomic E-state index is 6.64. The molecule has 1 atom stereocenters. The van der Waals surface area contributed by atoms with Crippen molar-refractivity contribution in [1.82, 2.24) is 9.88 Å². The van der Waals surface area contributed by atoms with Crippen LogP contribution in [0.5, 0.6) is 0 Å². The maximum Gasteiger partial charge on any atom is 0.0378 e. The van der Waals surface area contributed by atoms with Crippen molar-refractivity contribution < 1.29 is 0 Å². The van der Waals surface area contributed by atoms with Gasteiger partial charge in [0, 0.05) is 29.7 Å². The number of aromatic nitrogens is 1. The topological polar surface area (TPSA) is 68.2 Å². The number of hydrogen-bond donors (Lipinski definition) is 2. The van der Waals surface area contributed by atoms with Crippen molar-refractivity contribution in [2.45, 2.75) is 57.5 Å². The number of nitrogens with two attached hydrogens (primary N) is 2. The smallest absolute Gasteiger partial charge is 0.0378 e. The van der Waals surface area contributed by atoms with Crippen LogP contribution in [-0.2, 0) is 6.42 Å². The zero-order valence-electron chi connectivity index (χ0n) is 12.8. The summed E-state index contributed by atoms with van der Waals surface area (Å²) in [5, 5.41) is 0. The van der Waals surface area contributed by atoms with Crippen LogP contribution in [0.15, 0.2) is 18.5 Å². The van der Waals surface area contributed by atoms with E-state index in [1.807, 2.05) is 12.3 Å². The molecule has 4 heteroatoms. The Hall–Kier alpha value is -1.13. The second kappa shape index (κ2) is 6.55. The quantitative estimate of drug-likeness (QED) is 0.835. The van der Waals surface area contributed by atoms with Gasteiger partial charge in [0.05, 0.1) is 0 Å². The molecule has 0 radical (unpaired) electrons. The van der Waals surface area contributed by atoms with Crippen molar-refractivity contribution in [3.63, 3.8) is 0 Å². The normalized spacial score (nSPS) is 19.4. The third-order valence-electron chi connectivity index (χ3n) is 4.93. The molecule has 1 aromatic rings. The largest absolute Gasteiger partial charge is 0.398 e. The molecule has 0 amide bonds. The molecule has 0 aliphatic heterocycles. The highest BCUT2D eigenvalue weighted by Gasteiger charge is 2.43. The van der Waals surface area contributed by atoms with Crippen molar-refractivity contribution in [1.29, 1.82) is 0 Å². The number of anilines is 1. The second-order valence-corrected chi connectivity index (χ2v) is 5.87. The molecule has 1 heterocycles. The molecule has 1 aromatic heterocycles. The lowest BCUT2D eigenvalue weighted by atomic mass is 9.83. The van der Waals surface area contributed by atoms with Crippen LogP contribution in [0.2, 0.25) is 0 Å². The molecule has 1 fully saturated rings. The molecule has 0 spiro atoms. The number of likely N-dealkylation sites (N-methyl/N-ethyl adjacent to an activating group) is 1. The molecule has 4 N–H and O–H groups in total. The second-order valence-electron chi connectivity index (χ2n) is 5.87. The Morgan fingerprint density at radius 1 is 1.30 bits per heavy atom. The standard InChI is InChI=1S/C16H28N4/c1-3-20(4-2)16(8-5-6-9-16)15(18)11-13-12-19-10-7-14(13)17/h7,10,12,15H,3-6,8-9,11,18H2,1-2H3,(H2,17,19). The highest BCUT2D eigenvalue weighted by atomic mass is 15.2. The van der Waals surface area contributed by atoms with Crippen LogP contribution in [0.4, 0.5) is 5.69 Å². The van der Waals surface area contributed by atoms with Gasteiger partial charge in [-0.2, -0.15) is 0 Å². The minimum atomic E-state index is 0.122.